The predicted molar refractivity (Wildman–Crippen MR) is 95.9 cm³/mol. The van der Waals surface area contributed by atoms with Crippen molar-refractivity contribution >= 4 is 18.0 Å². The number of allylic oxidation sites excluding steroid dienone is 2. The molecule has 1 aliphatic heterocycles. The molecule has 1 saturated carbocycles. The largest absolute Gasteiger partial charge is 0.490 e. The van der Waals surface area contributed by atoms with Crippen LogP contribution in [0.3, 0.4) is 0 Å². The Hall–Kier alpha value is -3.14. The van der Waals surface area contributed by atoms with Crippen LogP contribution in [0.2, 0.25) is 0 Å². The van der Waals surface area contributed by atoms with Crippen molar-refractivity contribution in [2.24, 2.45) is 28.8 Å². The summed E-state index contributed by atoms with van der Waals surface area (Å²) in [5.41, 5.74) is 0.668. The van der Waals surface area contributed by atoms with Crippen molar-refractivity contribution < 1.29 is 19.1 Å². The van der Waals surface area contributed by atoms with Crippen molar-refractivity contribution in [2.45, 2.75) is 13.3 Å². The van der Waals surface area contributed by atoms with Gasteiger partial charge < -0.3 is 9.47 Å². The third kappa shape index (κ3) is 2.87. The van der Waals surface area contributed by atoms with E-state index >= 15 is 0 Å². The molecule has 7 nitrogen and oxygen atoms in total. The van der Waals surface area contributed by atoms with E-state index in [1.165, 1.54) is 6.21 Å². The van der Waals surface area contributed by atoms with Crippen molar-refractivity contribution in [2.75, 3.05) is 13.2 Å². The molecule has 0 aromatic heterocycles. The molecular weight excluding hydrogens is 346 g/mol. The van der Waals surface area contributed by atoms with Gasteiger partial charge in [-0.05, 0) is 48.9 Å². The molecule has 2 aliphatic carbocycles. The average Bonchev–Trinajstić information content (AvgIpc) is 3.34. The molecule has 2 amide bonds. The molecule has 3 aliphatic rings. The van der Waals surface area contributed by atoms with Crippen LogP contribution < -0.4 is 9.47 Å². The maximum Gasteiger partial charge on any atom is 0.254 e. The predicted octanol–water partition coefficient (Wildman–Crippen LogP) is 2.13. The van der Waals surface area contributed by atoms with Crippen LogP contribution in [-0.4, -0.2) is 36.3 Å². The lowest BCUT2D eigenvalue weighted by molar-refractivity contribution is -0.140. The van der Waals surface area contributed by atoms with Gasteiger partial charge in [0.25, 0.3) is 11.8 Å². The Balaban J connectivity index is 1.53. The molecule has 0 radical (unpaired) electrons. The van der Waals surface area contributed by atoms with Gasteiger partial charge in [-0.25, -0.2) is 0 Å². The molecule has 4 unspecified atom stereocenters. The molecule has 0 spiro atoms. The summed E-state index contributed by atoms with van der Waals surface area (Å²) in [6.07, 6.45) is 6.48. The van der Waals surface area contributed by atoms with Crippen molar-refractivity contribution in [3.05, 3.63) is 35.9 Å². The van der Waals surface area contributed by atoms with E-state index in [4.69, 9.17) is 14.7 Å². The second-order valence-electron chi connectivity index (χ2n) is 6.82. The first-order valence-corrected chi connectivity index (χ1v) is 9.00. The zero-order chi connectivity index (χ0) is 19.0. The molecule has 27 heavy (non-hydrogen) atoms. The number of imide groups is 1. The monoisotopic (exact) mass is 365 g/mol. The highest BCUT2D eigenvalue weighted by Gasteiger charge is 2.59. The van der Waals surface area contributed by atoms with Gasteiger partial charge in [0, 0.05) is 0 Å². The van der Waals surface area contributed by atoms with Crippen LogP contribution >= 0.6 is 0 Å². The van der Waals surface area contributed by atoms with E-state index in [9.17, 15) is 9.59 Å². The van der Waals surface area contributed by atoms with Crippen molar-refractivity contribution in [3.8, 4) is 17.6 Å². The molecule has 0 N–H and O–H groups in total. The average molecular weight is 365 g/mol. The van der Waals surface area contributed by atoms with Crippen LogP contribution in [0.25, 0.3) is 0 Å². The fraction of sp³-hybridized carbons (Fsp3) is 0.400. The quantitative estimate of drug-likeness (QED) is 0.437. The summed E-state index contributed by atoms with van der Waals surface area (Å²) in [6, 6.07) is 7.03. The summed E-state index contributed by atoms with van der Waals surface area (Å²) >= 11 is 0. The lowest BCUT2D eigenvalue weighted by Gasteiger charge is -2.13. The summed E-state index contributed by atoms with van der Waals surface area (Å²) in [7, 11) is 0. The smallest absolute Gasteiger partial charge is 0.254 e. The summed E-state index contributed by atoms with van der Waals surface area (Å²) in [5.74, 6) is 0.330. The SMILES string of the molecule is CCOc1cc(C=NN2C(=O)C3C4C=CC(C4)C3C2=O)ccc1OCC#N. The minimum Gasteiger partial charge on any atom is -0.490 e. The summed E-state index contributed by atoms with van der Waals surface area (Å²) in [5, 5.41) is 13.8. The van der Waals surface area contributed by atoms with Crippen molar-refractivity contribution in [1.82, 2.24) is 5.01 Å². The van der Waals surface area contributed by atoms with E-state index < -0.39 is 0 Å². The molecule has 4 rings (SSSR count). The number of nitrogens with zero attached hydrogens (tertiary/aromatic N) is 3. The minimum atomic E-state index is -0.259. The van der Waals surface area contributed by atoms with E-state index in [2.05, 4.69) is 17.3 Å². The minimum absolute atomic E-state index is 0.0799. The van der Waals surface area contributed by atoms with Gasteiger partial charge in [0.15, 0.2) is 18.1 Å². The Morgan fingerprint density at radius 3 is 2.52 bits per heavy atom. The van der Waals surface area contributed by atoms with Gasteiger partial charge in [-0.1, -0.05) is 12.2 Å². The molecule has 1 aromatic rings. The molecular formula is C20H19N3O4. The van der Waals surface area contributed by atoms with E-state index in [1.54, 1.807) is 18.2 Å². The van der Waals surface area contributed by atoms with Crippen LogP contribution in [0.4, 0.5) is 0 Å². The van der Waals surface area contributed by atoms with Crippen LogP contribution in [0, 0.1) is 35.0 Å². The first kappa shape index (κ1) is 17.3. The van der Waals surface area contributed by atoms with Crippen LogP contribution in [0.15, 0.2) is 35.5 Å². The number of rotatable bonds is 6. The highest BCUT2D eigenvalue weighted by atomic mass is 16.5. The normalized spacial score (nSPS) is 28.1. The summed E-state index contributed by atoms with van der Waals surface area (Å²) in [6.45, 7) is 2.20. The maximum atomic E-state index is 12.6. The number of nitriles is 1. The molecule has 138 valence electrons. The number of ether oxygens (including phenoxy) is 2. The van der Waals surface area contributed by atoms with Crippen molar-refractivity contribution in [1.29, 1.82) is 5.26 Å². The third-order valence-electron chi connectivity index (χ3n) is 5.33. The lowest BCUT2D eigenvalue weighted by Crippen LogP contribution is -2.28. The van der Waals surface area contributed by atoms with Gasteiger partial charge in [-0.2, -0.15) is 15.4 Å². The number of carbonyl (C=O) groups excluding carboxylic acids is 2. The topological polar surface area (TPSA) is 92.0 Å². The van der Waals surface area contributed by atoms with Crippen LogP contribution in [-0.2, 0) is 9.59 Å². The zero-order valence-corrected chi connectivity index (χ0v) is 14.9. The van der Waals surface area contributed by atoms with Gasteiger partial charge in [0.1, 0.15) is 6.07 Å². The number of hydrogen-bond donors (Lipinski definition) is 0. The van der Waals surface area contributed by atoms with E-state index in [0.29, 0.717) is 23.7 Å². The first-order valence-electron chi connectivity index (χ1n) is 9.00. The summed E-state index contributed by atoms with van der Waals surface area (Å²) in [4.78, 5) is 25.3. The van der Waals surface area contributed by atoms with Gasteiger partial charge in [0.2, 0.25) is 0 Å². The molecule has 2 fully saturated rings. The summed E-state index contributed by atoms with van der Waals surface area (Å²) < 4.78 is 10.9. The molecule has 2 bridgehead atoms. The Morgan fingerprint density at radius 2 is 1.89 bits per heavy atom. The highest BCUT2D eigenvalue weighted by molar-refractivity contribution is 6.06. The number of benzene rings is 1. The third-order valence-corrected chi connectivity index (χ3v) is 5.33. The number of fused-ring (bicyclic) bond motifs is 5. The Morgan fingerprint density at radius 1 is 1.19 bits per heavy atom. The zero-order valence-electron chi connectivity index (χ0n) is 14.9. The lowest BCUT2D eigenvalue weighted by atomic mass is 9.85. The number of amides is 2. The molecule has 7 heteroatoms. The van der Waals surface area contributed by atoms with Crippen LogP contribution in [0.1, 0.15) is 18.9 Å². The molecule has 1 saturated heterocycles. The Bertz CT molecular complexity index is 856. The van der Waals surface area contributed by atoms with Crippen LogP contribution in [0.5, 0.6) is 11.5 Å². The Labute approximate surface area is 156 Å². The van der Waals surface area contributed by atoms with Gasteiger partial charge >= 0.3 is 0 Å². The molecule has 1 aromatic carbocycles. The standard InChI is InChI=1S/C20H19N3O4/c1-2-26-16-9-12(3-6-15(16)27-8-7-21)11-22-23-19(24)17-13-4-5-14(10-13)18(17)20(23)25/h3-6,9,11,13-14,17-18H,2,8,10H2,1H3. The number of hydrazone groups is 1. The molecule has 1 heterocycles. The van der Waals surface area contributed by atoms with Crippen molar-refractivity contribution in [3.63, 3.8) is 0 Å². The highest BCUT2D eigenvalue weighted by Crippen LogP contribution is 2.52. The van der Waals surface area contributed by atoms with Gasteiger partial charge in [0.05, 0.1) is 24.7 Å². The Kier molecular flexibility index (Phi) is 4.40. The molecule has 4 atom stereocenters. The number of hydrogen-bond acceptors (Lipinski definition) is 6. The van der Waals surface area contributed by atoms with E-state index in [-0.39, 0.29) is 42.1 Å². The fourth-order valence-corrected chi connectivity index (χ4v) is 4.23. The van der Waals surface area contributed by atoms with E-state index in [1.807, 2.05) is 13.0 Å². The first-order chi connectivity index (χ1) is 13.1. The fourth-order valence-electron chi connectivity index (χ4n) is 4.23. The van der Waals surface area contributed by atoms with Gasteiger partial charge in [-0.3, -0.25) is 9.59 Å². The second-order valence-corrected chi connectivity index (χ2v) is 6.82. The number of carbonyl (C=O) groups is 2. The maximum absolute atomic E-state index is 12.6. The van der Waals surface area contributed by atoms with Gasteiger partial charge in [-0.15, -0.1) is 0 Å². The van der Waals surface area contributed by atoms with E-state index in [0.717, 1.165) is 11.4 Å². The second kappa shape index (κ2) is 6.88.